The average Bonchev–Trinajstić information content (AvgIpc) is 3.27. The van der Waals surface area contributed by atoms with Gasteiger partial charge in [-0.15, -0.1) is 0 Å². The molecule has 0 saturated heterocycles. The van der Waals surface area contributed by atoms with E-state index in [2.05, 4.69) is 12.0 Å². The van der Waals surface area contributed by atoms with Gasteiger partial charge in [-0.25, -0.2) is 14.0 Å². The zero-order valence-electron chi connectivity index (χ0n) is 25.4. The van der Waals surface area contributed by atoms with Gasteiger partial charge in [0.25, 0.3) is 5.91 Å². The van der Waals surface area contributed by atoms with Gasteiger partial charge in [-0.2, -0.15) is 5.10 Å². The maximum Gasteiger partial charge on any atom is 0.353 e. The second-order valence-corrected chi connectivity index (χ2v) is 11.4. The highest BCUT2D eigenvalue weighted by molar-refractivity contribution is 5.96. The predicted octanol–water partition coefficient (Wildman–Crippen LogP) is 6.35. The third-order valence-corrected chi connectivity index (χ3v) is 7.59. The lowest BCUT2D eigenvalue weighted by Gasteiger charge is -2.23. The van der Waals surface area contributed by atoms with Gasteiger partial charge in [0.15, 0.2) is 11.4 Å². The maximum absolute atomic E-state index is 13.6. The summed E-state index contributed by atoms with van der Waals surface area (Å²) in [6.45, 7) is 9.49. The summed E-state index contributed by atoms with van der Waals surface area (Å²) in [5.41, 5.74) is 3.50. The summed E-state index contributed by atoms with van der Waals surface area (Å²) < 4.78 is 8.45. The number of Topliss-reactive ketones (excluding diaryl/α,β-unsaturated/α-hetero) is 1. The van der Waals surface area contributed by atoms with Gasteiger partial charge >= 0.3 is 5.69 Å². The summed E-state index contributed by atoms with van der Waals surface area (Å²) in [4.78, 5) is 38.9. The van der Waals surface area contributed by atoms with Crippen molar-refractivity contribution in [2.75, 3.05) is 0 Å². The number of carbonyl (C=O) groups is 2. The summed E-state index contributed by atoms with van der Waals surface area (Å²) >= 11 is 0. The highest BCUT2D eigenvalue weighted by atomic mass is 16.5. The Bertz CT molecular complexity index is 1560. The first-order valence-electron chi connectivity index (χ1n) is 14.7. The zero-order chi connectivity index (χ0) is 30.3. The van der Waals surface area contributed by atoms with Crippen LogP contribution in [-0.2, 0) is 30.6 Å². The van der Waals surface area contributed by atoms with Crippen LogP contribution < -0.4 is 10.4 Å². The Morgan fingerprint density at radius 3 is 1.98 bits per heavy atom. The molecule has 0 N–H and O–H groups in total. The number of ether oxygens (including phenoxy) is 1. The van der Waals surface area contributed by atoms with Crippen LogP contribution in [0.5, 0.6) is 5.75 Å². The molecule has 3 aromatic carbocycles. The fourth-order valence-electron chi connectivity index (χ4n) is 4.65. The standard InChI is InChI=1S/C35H41N3O4/c1-6-7-9-27-16-20-30(21-17-27)33(40)38-32(36-37(34(38)41)24-29-14-12-25(2)13-15-29)11-8-10-28-18-22-31(23-19-28)42-35(4,5)26(3)39/h12-23H,6-11,24H2,1-5H3. The number of rotatable bonds is 13. The molecular formula is C35H41N3O4. The summed E-state index contributed by atoms with van der Waals surface area (Å²) in [6, 6.07) is 23.2. The number of ketones is 1. The lowest BCUT2D eigenvalue weighted by molar-refractivity contribution is -0.129. The number of unbranched alkanes of at least 4 members (excludes halogenated alkanes) is 1. The van der Waals surface area contributed by atoms with Gasteiger partial charge < -0.3 is 4.74 Å². The molecule has 0 fully saturated rings. The van der Waals surface area contributed by atoms with Crippen LogP contribution in [-0.4, -0.2) is 31.6 Å². The summed E-state index contributed by atoms with van der Waals surface area (Å²) in [5, 5.41) is 4.63. The molecule has 42 heavy (non-hydrogen) atoms. The molecule has 0 unspecified atom stereocenters. The van der Waals surface area contributed by atoms with E-state index in [9.17, 15) is 14.4 Å². The van der Waals surface area contributed by atoms with E-state index in [0.717, 1.165) is 42.4 Å². The molecule has 4 aromatic rings. The van der Waals surface area contributed by atoms with Crippen molar-refractivity contribution >= 4 is 11.7 Å². The fraction of sp³-hybridized carbons (Fsp3) is 0.371. The van der Waals surface area contributed by atoms with Crippen molar-refractivity contribution in [1.29, 1.82) is 0 Å². The van der Waals surface area contributed by atoms with Crippen LogP contribution in [0.15, 0.2) is 77.6 Å². The average molecular weight is 568 g/mol. The third-order valence-electron chi connectivity index (χ3n) is 7.59. The van der Waals surface area contributed by atoms with Crippen LogP contribution in [0.2, 0.25) is 0 Å². The molecule has 0 amide bonds. The molecule has 0 aliphatic carbocycles. The molecule has 1 aromatic heterocycles. The van der Waals surface area contributed by atoms with Crippen LogP contribution in [0.1, 0.15) is 85.4 Å². The Labute approximate surface area is 248 Å². The van der Waals surface area contributed by atoms with E-state index >= 15 is 0 Å². The number of aromatic nitrogens is 3. The first-order chi connectivity index (χ1) is 20.1. The third kappa shape index (κ3) is 7.72. The van der Waals surface area contributed by atoms with Crippen molar-refractivity contribution in [3.63, 3.8) is 0 Å². The van der Waals surface area contributed by atoms with Crippen molar-refractivity contribution in [2.45, 2.75) is 85.3 Å². The number of aryl methyl sites for hydroxylation is 4. The van der Waals surface area contributed by atoms with E-state index in [-0.39, 0.29) is 11.7 Å². The number of hydrogen-bond acceptors (Lipinski definition) is 5. The van der Waals surface area contributed by atoms with Crippen molar-refractivity contribution in [1.82, 2.24) is 14.3 Å². The van der Waals surface area contributed by atoms with Crippen molar-refractivity contribution < 1.29 is 14.3 Å². The molecule has 0 aliphatic rings. The highest BCUT2D eigenvalue weighted by Gasteiger charge is 2.25. The Morgan fingerprint density at radius 2 is 1.38 bits per heavy atom. The van der Waals surface area contributed by atoms with Gasteiger partial charge in [0.1, 0.15) is 11.6 Å². The van der Waals surface area contributed by atoms with Crippen LogP contribution in [0, 0.1) is 6.92 Å². The molecule has 7 nitrogen and oxygen atoms in total. The molecule has 0 saturated carbocycles. The minimum atomic E-state index is -0.884. The Morgan fingerprint density at radius 1 is 0.810 bits per heavy atom. The minimum absolute atomic E-state index is 0.0404. The fourth-order valence-corrected chi connectivity index (χ4v) is 4.65. The Hall–Kier alpha value is -4.26. The topological polar surface area (TPSA) is 83.2 Å². The molecule has 7 heteroatoms. The van der Waals surface area contributed by atoms with Crippen LogP contribution in [0.3, 0.4) is 0 Å². The molecule has 4 rings (SSSR count). The molecular weight excluding hydrogens is 526 g/mol. The van der Waals surface area contributed by atoms with Gasteiger partial charge in [0.2, 0.25) is 0 Å². The van der Waals surface area contributed by atoms with E-state index < -0.39 is 11.3 Å². The first kappa shape index (κ1) is 30.7. The smallest absolute Gasteiger partial charge is 0.353 e. The van der Waals surface area contributed by atoms with Gasteiger partial charge in [-0.1, -0.05) is 67.4 Å². The van der Waals surface area contributed by atoms with Gasteiger partial charge in [0.05, 0.1) is 6.54 Å². The van der Waals surface area contributed by atoms with Gasteiger partial charge in [-0.05, 0) is 94.3 Å². The minimum Gasteiger partial charge on any atom is -0.480 e. The van der Waals surface area contributed by atoms with E-state index in [0.29, 0.717) is 36.5 Å². The largest absolute Gasteiger partial charge is 0.480 e. The van der Waals surface area contributed by atoms with Gasteiger partial charge in [-0.3, -0.25) is 9.59 Å². The number of nitrogens with zero attached hydrogens (tertiary/aromatic N) is 3. The first-order valence-corrected chi connectivity index (χ1v) is 14.7. The second kappa shape index (κ2) is 13.6. The van der Waals surface area contributed by atoms with Crippen molar-refractivity contribution in [3.05, 3.63) is 117 Å². The number of benzene rings is 3. The monoisotopic (exact) mass is 567 g/mol. The molecule has 220 valence electrons. The normalized spacial score (nSPS) is 11.5. The van der Waals surface area contributed by atoms with Crippen molar-refractivity contribution in [3.8, 4) is 5.75 Å². The van der Waals surface area contributed by atoms with Gasteiger partial charge in [0, 0.05) is 12.0 Å². The summed E-state index contributed by atoms with van der Waals surface area (Å²) in [6.07, 6.45) is 5.06. The number of carbonyl (C=O) groups excluding carboxylic acids is 2. The Kier molecular flexibility index (Phi) is 9.94. The van der Waals surface area contributed by atoms with E-state index in [1.165, 1.54) is 21.7 Å². The molecule has 0 spiro atoms. The van der Waals surface area contributed by atoms with E-state index in [1.807, 2.05) is 67.6 Å². The van der Waals surface area contributed by atoms with E-state index in [4.69, 9.17) is 4.74 Å². The van der Waals surface area contributed by atoms with Crippen LogP contribution >= 0.6 is 0 Å². The Balaban J connectivity index is 1.53. The number of hydrogen-bond donors (Lipinski definition) is 0. The molecule has 0 atom stereocenters. The quantitative estimate of drug-likeness (QED) is 0.188. The zero-order valence-corrected chi connectivity index (χ0v) is 25.4. The van der Waals surface area contributed by atoms with Crippen molar-refractivity contribution in [2.24, 2.45) is 0 Å². The summed E-state index contributed by atoms with van der Waals surface area (Å²) in [7, 11) is 0. The maximum atomic E-state index is 13.6. The van der Waals surface area contributed by atoms with Crippen LogP contribution in [0.25, 0.3) is 0 Å². The second-order valence-electron chi connectivity index (χ2n) is 11.4. The molecule has 0 radical (unpaired) electrons. The lowest BCUT2D eigenvalue weighted by atomic mass is 10.0. The lowest BCUT2D eigenvalue weighted by Crippen LogP contribution is -2.36. The predicted molar refractivity (Wildman–Crippen MR) is 165 cm³/mol. The highest BCUT2D eigenvalue weighted by Crippen LogP contribution is 2.21. The molecule has 0 aliphatic heterocycles. The van der Waals surface area contributed by atoms with Crippen LogP contribution in [0.4, 0.5) is 0 Å². The molecule has 0 bridgehead atoms. The van der Waals surface area contributed by atoms with E-state index in [1.54, 1.807) is 26.0 Å². The SMILES string of the molecule is CCCCc1ccc(C(=O)n2c(CCCc3ccc(OC(C)(C)C(C)=O)cc3)nn(Cc3ccc(C)cc3)c2=O)cc1. The summed E-state index contributed by atoms with van der Waals surface area (Å²) in [5.74, 6) is 0.687. The molecule has 1 heterocycles.